The highest BCUT2D eigenvalue weighted by molar-refractivity contribution is 5.92. The summed E-state index contributed by atoms with van der Waals surface area (Å²) in [5, 5.41) is 0. The zero-order chi connectivity index (χ0) is 9.84. The zero-order valence-corrected chi connectivity index (χ0v) is 6.47. The molecule has 0 atom stereocenters. The maximum Gasteiger partial charge on any atom is 0.293 e. The van der Waals surface area contributed by atoms with E-state index >= 15 is 0 Å². The van der Waals surface area contributed by atoms with Crippen molar-refractivity contribution in [3.05, 3.63) is 35.4 Å². The van der Waals surface area contributed by atoms with Gasteiger partial charge in [-0.25, -0.2) is 8.78 Å². The SMILES string of the molecule is NC(=O)C#Cc1cccc(F)c1F. The molecule has 2 nitrogen and oxygen atoms in total. The molecule has 0 heterocycles. The van der Waals surface area contributed by atoms with E-state index in [1.54, 1.807) is 0 Å². The van der Waals surface area contributed by atoms with Crippen molar-refractivity contribution in [1.82, 2.24) is 0 Å². The number of carbonyl (C=O) groups excluding carboxylic acids is 1. The number of hydrogen-bond acceptors (Lipinski definition) is 1. The average molecular weight is 181 g/mol. The lowest BCUT2D eigenvalue weighted by Gasteiger charge is -1.93. The summed E-state index contributed by atoms with van der Waals surface area (Å²) in [5.41, 5.74) is 4.52. The van der Waals surface area contributed by atoms with Crippen LogP contribution >= 0.6 is 0 Å². The van der Waals surface area contributed by atoms with Gasteiger partial charge >= 0.3 is 0 Å². The third-order valence-corrected chi connectivity index (χ3v) is 1.27. The maximum atomic E-state index is 12.8. The third-order valence-electron chi connectivity index (χ3n) is 1.27. The lowest BCUT2D eigenvalue weighted by Crippen LogP contribution is -2.06. The van der Waals surface area contributed by atoms with Crippen LogP contribution in [0.1, 0.15) is 5.56 Å². The molecular formula is C9H5F2NO. The molecule has 0 bridgehead atoms. The van der Waals surface area contributed by atoms with Crippen LogP contribution in [0.15, 0.2) is 18.2 Å². The topological polar surface area (TPSA) is 43.1 Å². The first-order valence-electron chi connectivity index (χ1n) is 3.36. The number of rotatable bonds is 0. The van der Waals surface area contributed by atoms with E-state index in [0.717, 1.165) is 6.07 Å². The quantitative estimate of drug-likeness (QED) is 0.591. The number of carbonyl (C=O) groups is 1. The summed E-state index contributed by atoms with van der Waals surface area (Å²) >= 11 is 0. The molecule has 1 rings (SSSR count). The van der Waals surface area contributed by atoms with Crippen molar-refractivity contribution in [1.29, 1.82) is 0 Å². The highest BCUT2D eigenvalue weighted by atomic mass is 19.2. The van der Waals surface area contributed by atoms with Crippen molar-refractivity contribution in [2.75, 3.05) is 0 Å². The number of hydrogen-bond donors (Lipinski definition) is 1. The van der Waals surface area contributed by atoms with E-state index in [2.05, 4.69) is 5.92 Å². The molecule has 0 aliphatic rings. The minimum absolute atomic E-state index is 0.182. The highest BCUT2D eigenvalue weighted by Crippen LogP contribution is 2.09. The number of benzene rings is 1. The van der Waals surface area contributed by atoms with Gasteiger partial charge < -0.3 is 5.73 Å². The van der Waals surface area contributed by atoms with Crippen LogP contribution in [-0.4, -0.2) is 5.91 Å². The molecular weight excluding hydrogens is 176 g/mol. The smallest absolute Gasteiger partial charge is 0.293 e. The third kappa shape index (κ3) is 2.27. The van der Waals surface area contributed by atoms with Gasteiger partial charge in [0.05, 0.1) is 5.56 Å². The molecule has 1 amide bonds. The normalized spacial score (nSPS) is 8.77. The molecule has 4 heteroatoms. The molecule has 2 N–H and O–H groups in total. The van der Waals surface area contributed by atoms with Gasteiger partial charge in [-0.3, -0.25) is 4.79 Å². The number of primary amides is 1. The molecule has 0 aromatic heterocycles. The first-order chi connectivity index (χ1) is 6.11. The predicted molar refractivity (Wildman–Crippen MR) is 42.4 cm³/mol. The second kappa shape index (κ2) is 3.68. The standard InChI is InChI=1S/C9H5F2NO/c10-7-3-1-2-6(9(7)11)4-5-8(12)13/h1-3H,(H2,12,13). The molecule has 0 fully saturated rings. The fourth-order valence-corrected chi connectivity index (χ4v) is 0.729. The monoisotopic (exact) mass is 181 g/mol. The number of nitrogens with two attached hydrogens (primary N) is 1. The molecule has 0 aliphatic heterocycles. The van der Waals surface area contributed by atoms with Gasteiger partial charge in [0.25, 0.3) is 5.91 Å². The van der Waals surface area contributed by atoms with Crippen molar-refractivity contribution >= 4 is 5.91 Å². The lowest BCUT2D eigenvalue weighted by atomic mass is 10.2. The van der Waals surface area contributed by atoms with Crippen LogP contribution in [0.3, 0.4) is 0 Å². The maximum absolute atomic E-state index is 12.8. The summed E-state index contributed by atoms with van der Waals surface area (Å²) in [6, 6.07) is 3.52. The van der Waals surface area contributed by atoms with Crippen LogP contribution < -0.4 is 5.73 Å². The van der Waals surface area contributed by atoms with E-state index in [0.29, 0.717) is 0 Å². The minimum atomic E-state index is -1.07. The van der Waals surface area contributed by atoms with Crippen LogP contribution in [-0.2, 0) is 4.79 Å². The Morgan fingerprint density at radius 2 is 2.08 bits per heavy atom. The molecule has 0 aliphatic carbocycles. The molecule has 13 heavy (non-hydrogen) atoms. The van der Waals surface area contributed by atoms with Crippen LogP contribution in [0.4, 0.5) is 8.78 Å². The van der Waals surface area contributed by atoms with Gasteiger partial charge in [0.2, 0.25) is 0 Å². The van der Waals surface area contributed by atoms with Gasteiger partial charge in [-0.2, -0.15) is 0 Å². The average Bonchev–Trinajstić information content (AvgIpc) is 2.07. The molecule has 0 saturated heterocycles. The molecule has 0 spiro atoms. The van der Waals surface area contributed by atoms with Gasteiger partial charge in [-0.05, 0) is 12.1 Å². The Morgan fingerprint density at radius 3 is 2.69 bits per heavy atom. The summed E-state index contributed by atoms with van der Waals surface area (Å²) in [6.45, 7) is 0. The Labute approximate surface area is 73.4 Å². The van der Waals surface area contributed by atoms with Crippen LogP contribution in [0.25, 0.3) is 0 Å². The van der Waals surface area contributed by atoms with Gasteiger partial charge in [0, 0.05) is 5.92 Å². The van der Waals surface area contributed by atoms with E-state index in [1.165, 1.54) is 12.1 Å². The van der Waals surface area contributed by atoms with Crippen molar-refractivity contribution < 1.29 is 13.6 Å². The molecule has 1 aromatic carbocycles. The van der Waals surface area contributed by atoms with E-state index in [4.69, 9.17) is 5.73 Å². The van der Waals surface area contributed by atoms with Gasteiger partial charge in [-0.1, -0.05) is 12.0 Å². The first-order valence-corrected chi connectivity index (χ1v) is 3.36. The van der Waals surface area contributed by atoms with Crippen LogP contribution in [0.5, 0.6) is 0 Å². The largest absolute Gasteiger partial charge is 0.359 e. The van der Waals surface area contributed by atoms with Gasteiger partial charge in [-0.15, -0.1) is 0 Å². The van der Waals surface area contributed by atoms with Gasteiger partial charge in [0.15, 0.2) is 11.6 Å². The fourth-order valence-electron chi connectivity index (χ4n) is 0.729. The van der Waals surface area contributed by atoms with Gasteiger partial charge in [0.1, 0.15) is 0 Å². The Morgan fingerprint density at radius 1 is 1.38 bits per heavy atom. The molecule has 66 valence electrons. The first kappa shape index (κ1) is 9.20. The summed E-state index contributed by atoms with van der Waals surface area (Å²) < 4.78 is 25.4. The number of halogens is 2. The lowest BCUT2D eigenvalue weighted by molar-refractivity contribution is -0.112. The van der Waals surface area contributed by atoms with Crippen LogP contribution in [0.2, 0.25) is 0 Å². The fraction of sp³-hybridized carbons (Fsp3) is 0. The second-order valence-corrected chi connectivity index (χ2v) is 2.22. The minimum Gasteiger partial charge on any atom is -0.359 e. The molecule has 0 saturated carbocycles. The molecule has 0 unspecified atom stereocenters. The summed E-state index contributed by atoms with van der Waals surface area (Å²) in [6.07, 6.45) is 0. The predicted octanol–water partition coefficient (Wildman–Crippen LogP) is 0.802. The summed E-state index contributed by atoms with van der Waals surface area (Å²) in [5.74, 6) is 1.06. The van der Waals surface area contributed by atoms with E-state index in [1.807, 2.05) is 5.92 Å². The van der Waals surface area contributed by atoms with Crippen molar-refractivity contribution in [2.24, 2.45) is 5.73 Å². The Bertz CT molecular complexity index is 404. The Hall–Kier alpha value is -1.89. The Balaban J connectivity index is 3.11. The summed E-state index contributed by atoms with van der Waals surface area (Å²) in [7, 11) is 0. The highest BCUT2D eigenvalue weighted by Gasteiger charge is 2.04. The van der Waals surface area contributed by atoms with Crippen molar-refractivity contribution in [3.63, 3.8) is 0 Å². The molecule has 1 aromatic rings. The van der Waals surface area contributed by atoms with Crippen molar-refractivity contribution in [2.45, 2.75) is 0 Å². The zero-order valence-electron chi connectivity index (χ0n) is 6.47. The van der Waals surface area contributed by atoms with Crippen LogP contribution in [0, 0.1) is 23.5 Å². The Kier molecular flexibility index (Phi) is 2.60. The summed E-state index contributed by atoms with van der Waals surface area (Å²) in [4.78, 5) is 10.2. The number of amides is 1. The van der Waals surface area contributed by atoms with E-state index in [9.17, 15) is 13.6 Å². The van der Waals surface area contributed by atoms with E-state index < -0.39 is 17.5 Å². The molecule has 0 radical (unpaired) electrons. The van der Waals surface area contributed by atoms with Crippen molar-refractivity contribution in [3.8, 4) is 11.8 Å². The second-order valence-electron chi connectivity index (χ2n) is 2.22. The van der Waals surface area contributed by atoms with E-state index in [-0.39, 0.29) is 5.56 Å².